The maximum Gasteiger partial charge on any atom is 0.309 e. The Balaban J connectivity index is 2.74. The fraction of sp³-hybridized carbons (Fsp3) is 0.545. The fourth-order valence-electron chi connectivity index (χ4n) is 1.54. The van der Waals surface area contributed by atoms with Crippen LogP contribution in [0.2, 0.25) is 0 Å². The molecular weight excluding hydrogens is 192 g/mol. The van der Waals surface area contributed by atoms with Gasteiger partial charge < -0.3 is 15.4 Å². The number of hydrogen-bond donors (Lipinski definition) is 3. The summed E-state index contributed by atoms with van der Waals surface area (Å²) in [5.74, 6) is -0.765. The molecule has 0 saturated heterocycles. The highest BCUT2D eigenvalue weighted by atomic mass is 16.4. The van der Waals surface area contributed by atoms with E-state index in [0.717, 1.165) is 5.56 Å². The number of carboxylic acids is 1. The molecule has 0 spiro atoms. The van der Waals surface area contributed by atoms with Crippen molar-refractivity contribution in [1.82, 2.24) is 10.3 Å². The van der Waals surface area contributed by atoms with Crippen LogP contribution in [0.4, 0.5) is 0 Å². The summed E-state index contributed by atoms with van der Waals surface area (Å²) in [6.45, 7) is 3.48. The summed E-state index contributed by atoms with van der Waals surface area (Å²) in [7, 11) is 1.84. The van der Waals surface area contributed by atoms with E-state index in [-0.39, 0.29) is 6.04 Å². The van der Waals surface area contributed by atoms with E-state index < -0.39 is 11.4 Å². The molecule has 1 aromatic rings. The van der Waals surface area contributed by atoms with Crippen LogP contribution in [0.15, 0.2) is 18.5 Å². The molecule has 0 amide bonds. The summed E-state index contributed by atoms with van der Waals surface area (Å²) in [5, 5.41) is 12.2. The average Bonchev–Trinajstić information content (AvgIpc) is 2.66. The average molecular weight is 210 g/mol. The molecule has 0 aliphatic rings. The van der Waals surface area contributed by atoms with Gasteiger partial charge in [0.2, 0.25) is 0 Å². The van der Waals surface area contributed by atoms with Gasteiger partial charge in [0.15, 0.2) is 0 Å². The number of nitrogens with one attached hydrogen (secondary N) is 2. The van der Waals surface area contributed by atoms with Gasteiger partial charge in [0, 0.05) is 18.4 Å². The van der Waals surface area contributed by atoms with E-state index in [2.05, 4.69) is 10.3 Å². The first kappa shape index (κ1) is 11.8. The Morgan fingerprint density at radius 3 is 2.73 bits per heavy atom. The van der Waals surface area contributed by atoms with Crippen LogP contribution in [0.3, 0.4) is 0 Å². The third-order valence-electron chi connectivity index (χ3n) is 2.67. The largest absolute Gasteiger partial charge is 0.481 e. The minimum Gasteiger partial charge on any atom is -0.481 e. The quantitative estimate of drug-likeness (QED) is 0.694. The summed E-state index contributed by atoms with van der Waals surface area (Å²) in [6.07, 6.45) is 4.29. The Bertz CT molecular complexity index is 317. The van der Waals surface area contributed by atoms with Crippen molar-refractivity contribution < 1.29 is 9.90 Å². The fourth-order valence-corrected chi connectivity index (χ4v) is 1.54. The lowest BCUT2D eigenvalue weighted by Crippen LogP contribution is -2.30. The summed E-state index contributed by atoms with van der Waals surface area (Å²) in [5.41, 5.74) is 0.372. The zero-order valence-corrected chi connectivity index (χ0v) is 9.37. The number of aromatic nitrogens is 1. The zero-order valence-electron chi connectivity index (χ0n) is 9.37. The normalized spacial score (nSPS) is 13.8. The lowest BCUT2D eigenvalue weighted by Gasteiger charge is -2.25. The summed E-state index contributed by atoms with van der Waals surface area (Å²) in [6, 6.07) is 2.03. The van der Waals surface area contributed by atoms with Crippen LogP contribution in [0.1, 0.15) is 31.9 Å². The predicted octanol–water partition coefficient (Wildman–Crippen LogP) is 1.78. The topological polar surface area (TPSA) is 65.1 Å². The molecule has 1 unspecified atom stereocenters. The Labute approximate surface area is 89.7 Å². The summed E-state index contributed by atoms with van der Waals surface area (Å²) < 4.78 is 0. The van der Waals surface area contributed by atoms with Gasteiger partial charge in [-0.1, -0.05) is 0 Å². The lowest BCUT2D eigenvalue weighted by atomic mass is 9.84. The van der Waals surface area contributed by atoms with Crippen LogP contribution >= 0.6 is 0 Å². The van der Waals surface area contributed by atoms with Gasteiger partial charge in [0.05, 0.1) is 5.41 Å². The number of rotatable bonds is 5. The molecule has 0 saturated carbocycles. The number of carboxylic acid groups (broad SMARTS) is 1. The van der Waals surface area contributed by atoms with Gasteiger partial charge in [-0.15, -0.1) is 0 Å². The predicted molar refractivity (Wildman–Crippen MR) is 58.6 cm³/mol. The van der Waals surface area contributed by atoms with Gasteiger partial charge in [0.25, 0.3) is 0 Å². The van der Waals surface area contributed by atoms with Gasteiger partial charge >= 0.3 is 5.97 Å². The number of aromatic amines is 1. The molecule has 0 aromatic carbocycles. The molecule has 1 aromatic heterocycles. The lowest BCUT2D eigenvalue weighted by molar-refractivity contribution is -0.147. The second kappa shape index (κ2) is 4.49. The smallest absolute Gasteiger partial charge is 0.309 e. The standard InChI is InChI=1S/C11H18N2O2/c1-11(2,10(14)15)6-9(12-3)8-4-5-13-7-8/h4-5,7,9,12-13H,6H2,1-3H3,(H,14,15). The van der Waals surface area contributed by atoms with Gasteiger partial charge in [-0.2, -0.15) is 0 Å². The number of carbonyl (C=O) groups is 1. The second-order valence-corrected chi connectivity index (χ2v) is 4.38. The van der Waals surface area contributed by atoms with Crippen molar-refractivity contribution in [1.29, 1.82) is 0 Å². The molecule has 0 aliphatic carbocycles. The van der Waals surface area contributed by atoms with Crippen LogP contribution < -0.4 is 5.32 Å². The van der Waals surface area contributed by atoms with Crippen LogP contribution in [-0.4, -0.2) is 23.1 Å². The minimum absolute atomic E-state index is 0.0716. The Kier molecular flexibility index (Phi) is 3.52. The van der Waals surface area contributed by atoms with E-state index >= 15 is 0 Å². The molecule has 84 valence electrons. The Morgan fingerprint density at radius 2 is 2.33 bits per heavy atom. The van der Waals surface area contributed by atoms with E-state index in [9.17, 15) is 4.79 Å². The third kappa shape index (κ3) is 2.83. The van der Waals surface area contributed by atoms with Crippen molar-refractivity contribution in [3.05, 3.63) is 24.0 Å². The highest BCUT2D eigenvalue weighted by molar-refractivity contribution is 5.73. The first-order chi connectivity index (χ1) is 6.97. The molecule has 1 rings (SSSR count). The molecule has 4 nitrogen and oxygen atoms in total. The SMILES string of the molecule is CNC(CC(C)(C)C(=O)O)c1cc[nH]c1. The Morgan fingerprint density at radius 1 is 1.67 bits per heavy atom. The highest BCUT2D eigenvalue weighted by Gasteiger charge is 2.30. The second-order valence-electron chi connectivity index (χ2n) is 4.38. The molecule has 0 fully saturated rings. The molecule has 1 atom stereocenters. The van der Waals surface area contributed by atoms with Gasteiger partial charge in [-0.25, -0.2) is 0 Å². The third-order valence-corrected chi connectivity index (χ3v) is 2.67. The molecule has 0 bridgehead atoms. The zero-order chi connectivity index (χ0) is 11.5. The molecule has 0 radical (unpaired) electrons. The van der Waals surface area contributed by atoms with E-state index in [1.54, 1.807) is 13.8 Å². The summed E-state index contributed by atoms with van der Waals surface area (Å²) in [4.78, 5) is 14.0. The first-order valence-corrected chi connectivity index (χ1v) is 5.00. The number of hydrogen-bond acceptors (Lipinski definition) is 2. The van der Waals surface area contributed by atoms with Crippen LogP contribution in [0.5, 0.6) is 0 Å². The van der Waals surface area contributed by atoms with Crippen molar-refractivity contribution in [2.24, 2.45) is 5.41 Å². The molecule has 4 heteroatoms. The minimum atomic E-state index is -0.765. The molecule has 15 heavy (non-hydrogen) atoms. The van der Waals surface area contributed by atoms with E-state index in [1.807, 2.05) is 25.5 Å². The maximum atomic E-state index is 11.0. The van der Waals surface area contributed by atoms with E-state index in [0.29, 0.717) is 6.42 Å². The molecule has 3 N–H and O–H groups in total. The van der Waals surface area contributed by atoms with Crippen LogP contribution in [0.25, 0.3) is 0 Å². The van der Waals surface area contributed by atoms with Crippen LogP contribution in [-0.2, 0) is 4.79 Å². The highest BCUT2D eigenvalue weighted by Crippen LogP contribution is 2.29. The molecule has 1 heterocycles. The monoisotopic (exact) mass is 210 g/mol. The van der Waals surface area contributed by atoms with Gasteiger partial charge in [-0.3, -0.25) is 4.79 Å². The van der Waals surface area contributed by atoms with Gasteiger partial charge in [0.1, 0.15) is 0 Å². The molecular formula is C11H18N2O2. The Hall–Kier alpha value is -1.29. The first-order valence-electron chi connectivity index (χ1n) is 5.00. The maximum absolute atomic E-state index is 11.0. The summed E-state index contributed by atoms with van der Waals surface area (Å²) >= 11 is 0. The van der Waals surface area contributed by atoms with Crippen molar-refractivity contribution in [3.63, 3.8) is 0 Å². The van der Waals surface area contributed by atoms with Crippen LogP contribution in [0, 0.1) is 5.41 Å². The number of H-pyrrole nitrogens is 1. The van der Waals surface area contributed by atoms with Crippen molar-refractivity contribution in [2.45, 2.75) is 26.3 Å². The van der Waals surface area contributed by atoms with E-state index in [1.165, 1.54) is 0 Å². The van der Waals surface area contributed by atoms with Crippen molar-refractivity contribution >= 4 is 5.97 Å². The van der Waals surface area contributed by atoms with Crippen molar-refractivity contribution in [2.75, 3.05) is 7.05 Å². The van der Waals surface area contributed by atoms with Gasteiger partial charge in [-0.05, 0) is 38.9 Å². The van der Waals surface area contributed by atoms with Crippen molar-refractivity contribution in [3.8, 4) is 0 Å². The molecule has 0 aliphatic heterocycles. The van der Waals surface area contributed by atoms with E-state index in [4.69, 9.17) is 5.11 Å². The number of aliphatic carboxylic acids is 1.